The van der Waals surface area contributed by atoms with Crippen molar-refractivity contribution in [2.45, 2.75) is 38.6 Å². The number of esters is 4. The number of alkyl halides is 3. The molecule has 0 aromatic heterocycles. The highest BCUT2D eigenvalue weighted by Crippen LogP contribution is 2.51. The number of benzene rings is 2. The summed E-state index contributed by atoms with van der Waals surface area (Å²) in [5.74, 6) is -2.88. The number of anilines is 2. The Morgan fingerprint density at radius 3 is 1.98 bits per heavy atom. The molecule has 0 atom stereocenters. The number of rotatable bonds is 15. The van der Waals surface area contributed by atoms with Crippen LogP contribution in [-0.4, -0.2) is 110 Å². The summed E-state index contributed by atoms with van der Waals surface area (Å²) >= 11 is 0. The van der Waals surface area contributed by atoms with E-state index in [0.717, 1.165) is 41.8 Å². The fraction of sp³-hybridized carbons (Fsp3) is 0.395. The molecule has 57 heavy (non-hydrogen) atoms. The predicted molar refractivity (Wildman–Crippen MR) is 200 cm³/mol. The molecule has 0 saturated heterocycles. The molecule has 0 radical (unpaired) electrons. The van der Waals surface area contributed by atoms with Crippen molar-refractivity contribution in [3.8, 4) is 5.75 Å². The lowest BCUT2D eigenvalue weighted by Crippen LogP contribution is -2.37. The molecule has 19 heteroatoms. The van der Waals surface area contributed by atoms with Crippen molar-refractivity contribution in [1.82, 2.24) is 0 Å². The van der Waals surface area contributed by atoms with Crippen LogP contribution < -0.4 is 14.5 Å². The van der Waals surface area contributed by atoms with Crippen molar-refractivity contribution in [3.05, 3.63) is 82.5 Å². The molecule has 0 spiro atoms. The zero-order chi connectivity index (χ0) is 42.5. The van der Waals surface area contributed by atoms with Crippen LogP contribution in [0.2, 0.25) is 0 Å². The van der Waals surface area contributed by atoms with Crippen molar-refractivity contribution >= 4 is 56.7 Å². The minimum atomic E-state index is -5.85. The third kappa shape index (κ3) is 10.4. The molecule has 0 heterocycles. The largest absolute Gasteiger partial charge is 0.523 e. The molecule has 0 N–H and O–H groups in total. The van der Waals surface area contributed by atoms with Crippen LogP contribution in [0.5, 0.6) is 5.75 Å². The van der Waals surface area contributed by atoms with Gasteiger partial charge in [0.25, 0.3) is 0 Å². The molecule has 0 unspecified atom stereocenters. The van der Waals surface area contributed by atoms with Crippen molar-refractivity contribution in [2.75, 3.05) is 71.5 Å². The quantitative estimate of drug-likeness (QED) is 0.0825. The van der Waals surface area contributed by atoms with Crippen LogP contribution >= 0.6 is 0 Å². The van der Waals surface area contributed by atoms with E-state index < -0.39 is 78.3 Å². The van der Waals surface area contributed by atoms with E-state index in [0.29, 0.717) is 16.8 Å². The van der Waals surface area contributed by atoms with Gasteiger partial charge in [0, 0.05) is 44.1 Å². The van der Waals surface area contributed by atoms with Crippen LogP contribution in [0.4, 0.5) is 24.5 Å². The van der Waals surface area contributed by atoms with E-state index in [2.05, 4.69) is 4.18 Å². The van der Waals surface area contributed by atoms with E-state index in [4.69, 9.17) is 23.7 Å². The molecular formula is C38H43F3N3O12S+. The summed E-state index contributed by atoms with van der Waals surface area (Å²) in [5.41, 5.74) is -0.365. The van der Waals surface area contributed by atoms with E-state index in [1.807, 2.05) is 50.7 Å². The topological polar surface area (TPSA) is 167 Å². The van der Waals surface area contributed by atoms with Gasteiger partial charge in [0.1, 0.15) is 39.7 Å². The Morgan fingerprint density at radius 1 is 0.860 bits per heavy atom. The molecule has 2 aromatic rings. The summed E-state index contributed by atoms with van der Waals surface area (Å²) in [6.45, 7) is 2.89. The highest BCUT2D eigenvalue weighted by molar-refractivity contribution is 7.87. The van der Waals surface area contributed by atoms with Gasteiger partial charge in [-0.25, -0.2) is 8.76 Å². The number of methoxy groups -OCH3 is 1. The third-order valence-electron chi connectivity index (χ3n) is 8.95. The first-order valence-electron chi connectivity index (χ1n) is 17.1. The second-order valence-electron chi connectivity index (χ2n) is 13.5. The minimum absolute atomic E-state index is 0.241. The lowest BCUT2D eigenvalue weighted by Gasteiger charge is -2.39. The molecule has 4 rings (SSSR count). The van der Waals surface area contributed by atoms with Gasteiger partial charge in [-0.1, -0.05) is 26.0 Å². The molecule has 2 aromatic carbocycles. The van der Waals surface area contributed by atoms with Gasteiger partial charge in [0.15, 0.2) is 5.71 Å². The summed E-state index contributed by atoms with van der Waals surface area (Å²) in [6.07, 6.45) is 5.92. The molecule has 0 bridgehead atoms. The van der Waals surface area contributed by atoms with E-state index >= 15 is 0 Å². The second-order valence-corrected chi connectivity index (χ2v) is 15.1. The van der Waals surface area contributed by atoms with Crippen molar-refractivity contribution in [1.29, 1.82) is 0 Å². The molecular weight excluding hydrogens is 779 g/mol. The van der Waals surface area contributed by atoms with Crippen molar-refractivity contribution in [3.63, 3.8) is 0 Å². The fourth-order valence-electron chi connectivity index (χ4n) is 6.02. The zero-order valence-electron chi connectivity index (χ0n) is 32.5. The molecule has 15 nitrogen and oxygen atoms in total. The van der Waals surface area contributed by atoms with Gasteiger partial charge in [0.2, 0.25) is 13.6 Å². The standard InChI is InChI=1S/C38H43F3N3O12S/c1-23(45)52-21-54-34(47)18-44(19-35(48)55-22-53-24(2)46)32-15-25(9-14-33(32)51-8)36-28-12-10-26(42(5)6)16-30(28)37(3,4)31-17-27(11-13-29(31)36)43(7)20-56-57(49,50)38(39,40)41/h9-17H,18-22H2,1-8H3/q+1. The number of carbonyl (C=O) groups excluding carboxylic acids is 4. The van der Waals surface area contributed by atoms with Crippen LogP contribution in [0.15, 0.2) is 65.8 Å². The Hall–Kier alpha value is -5.69. The van der Waals surface area contributed by atoms with E-state index in [9.17, 15) is 40.8 Å². The number of allylic oxidation sites excluding steroid dienone is 5. The Bertz CT molecular complexity index is 2140. The third-order valence-corrected chi connectivity index (χ3v) is 9.93. The van der Waals surface area contributed by atoms with Crippen LogP contribution in [-0.2, 0) is 57.8 Å². The summed E-state index contributed by atoms with van der Waals surface area (Å²) < 4.78 is 93.8. The Morgan fingerprint density at radius 2 is 1.46 bits per heavy atom. The summed E-state index contributed by atoms with van der Waals surface area (Å²) in [7, 11) is 0.705. The number of hydrogen-bond donors (Lipinski definition) is 0. The molecule has 0 amide bonds. The lowest BCUT2D eigenvalue weighted by molar-refractivity contribution is -0.462. The number of ether oxygens (including phenoxy) is 5. The maximum Gasteiger partial charge on any atom is 0.523 e. The smallest absolute Gasteiger partial charge is 0.495 e. The van der Waals surface area contributed by atoms with Crippen molar-refractivity contribution in [2.24, 2.45) is 0 Å². The van der Waals surface area contributed by atoms with Gasteiger partial charge >= 0.3 is 39.5 Å². The highest BCUT2D eigenvalue weighted by Gasteiger charge is 2.47. The average molecular weight is 823 g/mol. The van der Waals surface area contributed by atoms with Crippen molar-refractivity contribution < 1.29 is 73.2 Å². The molecule has 2 aliphatic carbocycles. The van der Waals surface area contributed by atoms with Gasteiger partial charge in [-0.2, -0.15) is 21.6 Å². The lowest BCUT2D eigenvalue weighted by atomic mass is 9.64. The normalized spacial score (nSPS) is 14.4. The van der Waals surface area contributed by atoms with E-state index in [-0.39, 0.29) is 11.4 Å². The molecule has 308 valence electrons. The summed E-state index contributed by atoms with van der Waals surface area (Å²) in [6, 6.07) is 10.2. The minimum Gasteiger partial charge on any atom is -0.495 e. The first kappa shape index (κ1) is 44.0. The highest BCUT2D eigenvalue weighted by atomic mass is 32.2. The summed E-state index contributed by atoms with van der Waals surface area (Å²) in [5, 5.41) is 0. The fourth-order valence-corrected chi connectivity index (χ4v) is 6.45. The van der Waals surface area contributed by atoms with Gasteiger partial charge in [-0.3, -0.25) is 19.2 Å². The predicted octanol–water partition coefficient (Wildman–Crippen LogP) is 4.19. The van der Waals surface area contributed by atoms with Gasteiger partial charge in [0.05, 0.1) is 12.8 Å². The van der Waals surface area contributed by atoms with Crippen LogP contribution in [0, 0.1) is 0 Å². The van der Waals surface area contributed by atoms with E-state index in [1.54, 1.807) is 36.4 Å². The first-order chi connectivity index (χ1) is 26.6. The van der Waals surface area contributed by atoms with Crippen LogP contribution in [0.3, 0.4) is 0 Å². The van der Waals surface area contributed by atoms with Gasteiger partial charge < -0.3 is 33.5 Å². The van der Waals surface area contributed by atoms with Gasteiger partial charge in [-0.05, 0) is 63.8 Å². The Kier molecular flexibility index (Phi) is 13.6. The maximum absolute atomic E-state index is 13.0. The van der Waals surface area contributed by atoms with Crippen LogP contribution in [0.1, 0.15) is 44.4 Å². The van der Waals surface area contributed by atoms with E-state index in [1.165, 1.54) is 24.0 Å². The van der Waals surface area contributed by atoms with Crippen LogP contribution in [0.25, 0.3) is 5.57 Å². The first-order valence-corrected chi connectivity index (χ1v) is 18.5. The summed E-state index contributed by atoms with van der Waals surface area (Å²) in [4.78, 5) is 51.0. The second kappa shape index (κ2) is 17.6. The monoisotopic (exact) mass is 822 g/mol. The SMILES string of the molecule is COc1ccc(C2=C3C=CC(=[N+](C)C)C=C3C(C)(C)c3cc(N(C)COS(=O)(=O)C(F)(F)F)ccc32)cc1N(CC(=O)OCOC(C)=O)CC(=O)OCOC(C)=O. The average Bonchev–Trinajstić information content (AvgIpc) is 3.12. The zero-order valence-corrected chi connectivity index (χ0v) is 33.3. The maximum atomic E-state index is 13.0. The molecule has 0 aliphatic heterocycles. The molecule has 0 fully saturated rings. The number of halogens is 3. The number of fused-ring (bicyclic) bond motifs is 2. The molecule has 0 saturated carbocycles. The Balaban J connectivity index is 1.88. The number of carbonyl (C=O) groups is 4. The molecule has 2 aliphatic rings. The number of nitrogens with zero attached hydrogens (tertiary/aromatic N) is 3. The van der Waals surface area contributed by atoms with Gasteiger partial charge in [-0.15, -0.1) is 0 Å². The Labute approximate surface area is 327 Å². The number of hydrogen-bond acceptors (Lipinski definition) is 14.